The lowest BCUT2D eigenvalue weighted by Gasteiger charge is -2.34. The normalized spacial score (nSPS) is 21.1. The minimum Gasteiger partial charge on any atom is -0.468 e. The minimum absolute atomic E-state index is 0.362. The van der Waals surface area contributed by atoms with E-state index < -0.39 is 18.2 Å². The third-order valence-electron chi connectivity index (χ3n) is 3.37. The molecule has 0 amide bonds. The number of nitrogens with zero attached hydrogens (tertiary/aromatic N) is 1. The van der Waals surface area contributed by atoms with E-state index in [1.807, 2.05) is 11.0 Å². The van der Waals surface area contributed by atoms with Crippen molar-refractivity contribution in [1.29, 1.82) is 0 Å². The van der Waals surface area contributed by atoms with Crippen LogP contribution in [0.1, 0.15) is 18.6 Å². The van der Waals surface area contributed by atoms with E-state index in [-0.39, 0.29) is 0 Å². The lowest BCUT2D eigenvalue weighted by molar-refractivity contribution is -0.223. The average molecular weight is 263 g/mol. The fourth-order valence-corrected chi connectivity index (χ4v) is 2.32. The van der Waals surface area contributed by atoms with Crippen molar-refractivity contribution in [3.05, 3.63) is 24.2 Å². The van der Waals surface area contributed by atoms with Crippen LogP contribution in [0, 0.1) is 5.92 Å². The second-order valence-electron chi connectivity index (χ2n) is 4.68. The summed E-state index contributed by atoms with van der Waals surface area (Å²) >= 11 is 0. The number of hydrogen-bond donors (Lipinski definition) is 1. The minimum atomic E-state index is -4.51. The van der Waals surface area contributed by atoms with Crippen LogP contribution in [0.3, 0.4) is 0 Å². The highest BCUT2D eigenvalue weighted by Crippen LogP contribution is 2.31. The fraction of sp³-hybridized carbons (Fsp3) is 0.667. The van der Waals surface area contributed by atoms with Crippen molar-refractivity contribution in [3.63, 3.8) is 0 Å². The Hall–Kier alpha value is -1.01. The van der Waals surface area contributed by atoms with Crippen molar-refractivity contribution in [2.45, 2.75) is 31.7 Å². The van der Waals surface area contributed by atoms with E-state index in [1.165, 1.54) is 0 Å². The molecule has 0 bridgehead atoms. The molecule has 1 saturated heterocycles. The number of furan rings is 1. The Labute approximate surface area is 103 Å². The van der Waals surface area contributed by atoms with Gasteiger partial charge in [-0.25, -0.2) is 0 Å². The molecule has 1 aromatic heterocycles. The van der Waals surface area contributed by atoms with E-state index in [2.05, 4.69) is 0 Å². The molecule has 1 fully saturated rings. The molecule has 2 rings (SSSR count). The molecule has 6 heteroatoms. The van der Waals surface area contributed by atoms with Crippen molar-refractivity contribution in [3.8, 4) is 0 Å². The van der Waals surface area contributed by atoms with Crippen molar-refractivity contribution >= 4 is 0 Å². The van der Waals surface area contributed by atoms with Crippen LogP contribution in [0.25, 0.3) is 0 Å². The lowest BCUT2D eigenvalue weighted by atomic mass is 9.91. The average Bonchev–Trinajstić information content (AvgIpc) is 2.81. The maximum Gasteiger partial charge on any atom is 0.414 e. The summed E-state index contributed by atoms with van der Waals surface area (Å²) < 4.78 is 42.3. The number of rotatable bonds is 3. The lowest BCUT2D eigenvalue weighted by Crippen LogP contribution is -2.43. The second-order valence-corrected chi connectivity index (χ2v) is 4.68. The van der Waals surface area contributed by atoms with Crippen LogP contribution in [-0.4, -0.2) is 35.4 Å². The molecule has 1 aliphatic rings. The topological polar surface area (TPSA) is 36.6 Å². The summed E-state index contributed by atoms with van der Waals surface area (Å²) in [5, 5.41) is 9.19. The zero-order valence-electron chi connectivity index (χ0n) is 9.86. The molecule has 1 aliphatic heterocycles. The molecule has 0 radical (unpaired) electrons. The first-order valence-corrected chi connectivity index (χ1v) is 5.96. The number of halogens is 3. The summed E-state index contributed by atoms with van der Waals surface area (Å²) in [6, 6.07) is 3.63. The summed E-state index contributed by atoms with van der Waals surface area (Å²) in [4.78, 5) is 2.04. The Bertz CT molecular complexity index is 356. The van der Waals surface area contributed by atoms with E-state index in [9.17, 15) is 18.3 Å². The van der Waals surface area contributed by atoms with Gasteiger partial charge >= 0.3 is 6.18 Å². The number of likely N-dealkylation sites (tertiary alicyclic amines) is 1. The first-order valence-electron chi connectivity index (χ1n) is 5.96. The van der Waals surface area contributed by atoms with Crippen molar-refractivity contribution in [2.75, 3.05) is 13.1 Å². The monoisotopic (exact) mass is 263 g/mol. The molecule has 1 N–H and O–H groups in total. The molecule has 1 atom stereocenters. The van der Waals surface area contributed by atoms with E-state index >= 15 is 0 Å². The number of hydrogen-bond acceptors (Lipinski definition) is 3. The molecular weight excluding hydrogens is 247 g/mol. The summed E-state index contributed by atoms with van der Waals surface area (Å²) in [6.07, 6.45) is -4.39. The number of alkyl halides is 3. The van der Waals surface area contributed by atoms with Gasteiger partial charge in [0.2, 0.25) is 0 Å². The van der Waals surface area contributed by atoms with Crippen molar-refractivity contribution in [2.24, 2.45) is 5.92 Å². The Morgan fingerprint density at radius 1 is 1.39 bits per heavy atom. The van der Waals surface area contributed by atoms with Gasteiger partial charge in [0.15, 0.2) is 6.10 Å². The Morgan fingerprint density at radius 3 is 2.56 bits per heavy atom. The SMILES string of the molecule is OC(C1CCN(Cc2ccco2)CC1)C(F)(F)F. The first kappa shape index (κ1) is 13.4. The van der Waals surface area contributed by atoms with Gasteiger partial charge in [-0.05, 0) is 44.0 Å². The third-order valence-corrected chi connectivity index (χ3v) is 3.37. The molecule has 0 aromatic carbocycles. The summed E-state index contributed by atoms with van der Waals surface area (Å²) in [5.41, 5.74) is 0. The molecule has 2 heterocycles. The number of aliphatic hydroxyl groups is 1. The van der Waals surface area contributed by atoms with Gasteiger partial charge in [0, 0.05) is 0 Å². The number of piperidine rings is 1. The predicted octanol–water partition coefficient (Wildman–Crippen LogP) is 2.41. The van der Waals surface area contributed by atoms with E-state index in [4.69, 9.17) is 4.42 Å². The first-order chi connectivity index (χ1) is 8.47. The summed E-state index contributed by atoms with van der Waals surface area (Å²) in [5.74, 6) is 0.127. The molecular formula is C12H16F3NO2. The van der Waals surface area contributed by atoms with Gasteiger partial charge in [0.1, 0.15) is 5.76 Å². The summed E-state index contributed by atoms with van der Waals surface area (Å²) in [6.45, 7) is 1.72. The predicted molar refractivity (Wildman–Crippen MR) is 58.8 cm³/mol. The third kappa shape index (κ3) is 3.26. The zero-order valence-corrected chi connectivity index (χ0v) is 9.86. The van der Waals surface area contributed by atoms with Crippen LogP contribution in [0.15, 0.2) is 22.8 Å². The second kappa shape index (κ2) is 5.32. The Balaban J connectivity index is 1.81. The highest BCUT2D eigenvalue weighted by atomic mass is 19.4. The van der Waals surface area contributed by atoms with Crippen LogP contribution in [-0.2, 0) is 6.54 Å². The highest BCUT2D eigenvalue weighted by molar-refractivity contribution is 4.98. The van der Waals surface area contributed by atoms with Crippen LogP contribution in [0.5, 0.6) is 0 Å². The van der Waals surface area contributed by atoms with Gasteiger partial charge in [-0.3, -0.25) is 4.90 Å². The van der Waals surface area contributed by atoms with Crippen molar-refractivity contribution < 1.29 is 22.7 Å². The zero-order chi connectivity index (χ0) is 13.2. The van der Waals surface area contributed by atoms with Crippen LogP contribution < -0.4 is 0 Å². The molecule has 18 heavy (non-hydrogen) atoms. The van der Waals surface area contributed by atoms with Crippen LogP contribution in [0.4, 0.5) is 13.2 Å². The van der Waals surface area contributed by atoms with E-state index in [1.54, 1.807) is 12.3 Å². The van der Waals surface area contributed by atoms with E-state index in [0.29, 0.717) is 32.5 Å². The maximum atomic E-state index is 12.4. The van der Waals surface area contributed by atoms with Gasteiger partial charge in [-0.15, -0.1) is 0 Å². The molecule has 1 aromatic rings. The Morgan fingerprint density at radius 2 is 2.06 bits per heavy atom. The highest BCUT2D eigenvalue weighted by Gasteiger charge is 2.44. The standard InChI is InChI=1S/C12H16F3NO2/c13-12(14,15)11(17)9-3-5-16(6-4-9)8-10-2-1-7-18-10/h1-2,7,9,11,17H,3-6,8H2. The van der Waals surface area contributed by atoms with Gasteiger partial charge in [0.25, 0.3) is 0 Å². The molecule has 102 valence electrons. The van der Waals surface area contributed by atoms with Gasteiger partial charge in [-0.2, -0.15) is 13.2 Å². The largest absolute Gasteiger partial charge is 0.468 e. The molecule has 0 aliphatic carbocycles. The molecule has 3 nitrogen and oxygen atoms in total. The van der Waals surface area contributed by atoms with Crippen molar-refractivity contribution in [1.82, 2.24) is 4.90 Å². The molecule has 0 saturated carbocycles. The fourth-order valence-electron chi connectivity index (χ4n) is 2.32. The molecule has 1 unspecified atom stereocenters. The quantitative estimate of drug-likeness (QED) is 0.909. The van der Waals surface area contributed by atoms with Gasteiger partial charge in [-0.1, -0.05) is 0 Å². The number of aliphatic hydroxyl groups excluding tert-OH is 1. The van der Waals surface area contributed by atoms with Gasteiger partial charge in [0.05, 0.1) is 12.8 Å². The van der Waals surface area contributed by atoms with E-state index in [0.717, 1.165) is 5.76 Å². The van der Waals surface area contributed by atoms with Crippen LogP contribution >= 0.6 is 0 Å². The molecule has 0 spiro atoms. The maximum absolute atomic E-state index is 12.4. The Kier molecular flexibility index (Phi) is 3.97. The van der Waals surface area contributed by atoms with Crippen LogP contribution in [0.2, 0.25) is 0 Å². The van der Waals surface area contributed by atoms with Gasteiger partial charge < -0.3 is 9.52 Å². The smallest absolute Gasteiger partial charge is 0.414 e. The summed E-state index contributed by atoms with van der Waals surface area (Å²) in [7, 11) is 0.